The first kappa shape index (κ1) is 21.9. The second kappa shape index (κ2) is 9.70. The summed E-state index contributed by atoms with van der Waals surface area (Å²) < 4.78 is 26.0. The smallest absolute Gasteiger partial charge is 0.253 e. The lowest BCUT2D eigenvalue weighted by Crippen LogP contribution is -2.38. The Hall–Kier alpha value is -2.39. The van der Waals surface area contributed by atoms with Gasteiger partial charge in [0, 0.05) is 11.0 Å². The van der Waals surface area contributed by atoms with Gasteiger partial charge in [-0.1, -0.05) is 31.2 Å². The van der Waals surface area contributed by atoms with Crippen LogP contribution < -0.4 is 14.9 Å². The molecule has 0 saturated heterocycles. The molecule has 2 rings (SSSR count). The van der Waals surface area contributed by atoms with Crippen molar-refractivity contribution in [2.75, 3.05) is 29.0 Å². The zero-order valence-electron chi connectivity index (χ0n) is 15.6. The number of anilines is 2. The topological polar surface area (TPSA) is 95.6 Å². The van der Waals surface area contributed by atoms with Gasteiger partial charge >= 0.3 is 0 Å². The van der Waals surface area contributed by atoms with Crippen LogP contribution in [0.2, 0.25) is 0 Å². The van der Waals surface area contributed by atoms with Crippen LogP contribution in [0.15, 0.2) is 53.0 Å². The van der Waals surface area contributed by atoms with Crippen LogP contribution in [0.25, 0.3) is 0 Å². The number of nitrogens with one attached hydrogen (secondary N) is 2. The number of rotatable bonds is 8. The molecule has 0 aliphatic rings. The molecule has 0 aliphatic heterocycles. The van der Waals surface area contributed by atoms with Gasteiger partial charge < -0.3 is 10.6 Å². The van der Waals surface area contributed by atoms with Crippen LogP contribution >= 0.6 is 15.9 Å². The summed E-state index contributed by atoms with van der Waals surface area (Å²) in [5, 5.41) is 5.40. The second-order valence-electron chi connectivity index (χ2n) is 6.07. The SMILES string of the molecule is CCCNC(=O)c1ccccc1NC(=O)CN(c1ccccc1Br)S(C)(=O)=O. The highest BCUT2D eigenvalue weighted by molar-refractivity contribution is 9.10. The van der Waals surface area contributed by atoms with Gasteiger partial charge in [0.25, 0.3) is 5.91 Å². The molecule has 0 radical (unpaired) electrons. The lowest BCUT2D eigenvalue weighted by atomic mass is 10.1. The van der Waals surface area contributed by atoms with Gasteiger partial charge in [0.05, 0.1) is 23.2 Å². The van der Waals surface area contributed by atoms with E-state index in [0.29, 0.717) is 28.0 Å². The number of benzene rings is 2. The van der Waals surface area contributed by atoms with Crippen molar-refractivity contribution in [1.82, 2.24) is 5.32 Å². The van der Waals surface area contributed by atoms with E-state index < -0.39 is 22.5 Å². The predicted octanol–water partition coefficient (Wildman–Crippen LogP) is 2.99. The van der Waals surface area contributed by atoms with Crippen molar-refractivity contribution in [2.24, 2.45) is 0 Å². The summed E-state index contributed by atoms with van der Waals surface area (Å²) in [6.07, 6.45) is 1.82. The molecule has 0 atom stereocenters. The van der Waals surface area contributed by atoms with Crippen LogP contribution in [-0.4, -0.2) is 39.6 Å². The van der Waals surface area contributed by atoms with Crippen molar-refractivity contribution in [3.8, 4) is 0 Å². The van der Waals surface area contributed by atoms with Crippen LogP contribution in [0.1, 0.15) is 23.7 Å². The fourth-order valence-corrected chi connectivity index (χ4v) is 3.96. The van der Waals surface area contributed by atoms with Gasteiger partial charge in [0.1, 0.15) is 6.54 Å². The van der Waals surface area contributed by atoms with Gasteiger partial charge in [0.15, 0.2) is 0 Å². The van der Waals surface area contributed by atoms with E-state index in [4.69, 9.17) is 0 Å². The van der Waals surface area contributed by atoms with Gasteiger partial charge in [-0.2, -0.15) is 0 Å². The summed E-state index contributed by atoms with van der Waals surface area (Å²) in [7, 11) is -3.70. The number of sulfonamides is 1. The average molecular weight is 468 g/mol. The number of hydrogen-bond acceptors (Lipinski definition) is 4. The summed E-state index contributed by atoms with van der Waals surface area (Å²) >= 11 is 3.31. The third-order valence-corrected chi connectivity index (χ3v) is 5.59. The number of amides is 2. The van der Waals surface area contributed by atoms with Crippen molar-refractivity contribution < 1.29 is 18.0 Å². The minimum absolute atomic E-state index is 0.302. The van der Waals surface area contributed by atoms with E-state index in [1.807, 2.05) is 6.92 Å². The van der Waals surface area contributed by atoms with Crippen LogP contribution in [0.4, 0.5) is 11.4 Å². The number of para-hydroxylation sites is 2. The minimum atomic E-state index is -3.70. The molecule has 0 fully saturated rings. The molecule has 0 saturated carbocycles. The standard InChI is InChI=1S/C19H22BrN3O4S/c1-3-12-21-19(25)14-8-4-6-10-16(14)22-18(24)13-23(28(2,26)27)17-11-7-5-9-15(17)20/h4-11H,3,12-13H2,1-2H3,(H,21,25)(H,22,24). The molecule has 2 amide bonds. The highest BCUT2D eigenvalue weighted by Gasteiger charge is 2.23. The molecule has 2 aromatic carbocycles. The fourth-order valence-electron chi connectivity index (χ4n) is 2.48. The van der Waals surface area contributed by atoms with E-state index in [1.165, 1.54) is 0 Å². The number of carbonyl (C=O) groups excluding carboxylic acids is 2. The molecule has 0 bridgehead atoms. The average Bonchev–Trinajstić information content (AvgIpc) is 2.64. The predicted molar refractivity (Wildman–Crippen MR) is 114 cm³/mol. The van der Waals surface area contributed by atoms with Gasteiger partial charge in [0.2, 0.25) is 15.9 Å². The quantitative estimate of drug-likeness (QED) is 0.623. The number of hydrogen-bond donors (Lipinski definition) is 2. The van der Waals surface area contributed by atoms with Gasteiger partial charge in [-0.25, -0.2) is 8.42 Å². The van der Waals surface area contributed by atoms with E-state index in [1.54, 1.807) is 48.5 Å². The molecule has 2 N–H and O–H groups in total. The monoisotopic (exact) mass is 467 g/mol. The van der Waals surface area contributed by atoms with Crippen LogP contribution in [-0.2, 0) is 14.8 Å². The molecule has 0 aliphatic carbocycles. The molecule has 150 valence electrons. The molecule has 28 heavy (non-hydrogen) atoms. The molecule has 9 heteroatoms. The maximum atomic E-state index is 12.6. The van der Waals surface area contributed by atoms with E-state index in [9.17, 15) is 18.0 Å². The molecular weight excluding hydrogens is 446 g/mol. The largest absolute Gasteiger partial charge is 0.352 e. The van der Waals surface area contributed by atoms with Crippen molar-refractivity contribution in [3.63, 3.8) is 0 Å². The molecule has 0 heterocycles. The summed E-state index contributed by atoms with van der Waals surface area (Å²) in [6, 6.07) is 13.3. The van der Waals surface area contributed by atoms with E-state index in [0.717, 1.165) is 17.0 Å². The summed E-state index contributed by atoms with van der Waals surface area (Å²) in [6.45, 7) is 2.03. The van der Waals surface area contributed by atoms with Gasteiger partial charge in [-0.3, -0.25) is 13.9 Å². The molecule has 0 aromatic heterocycles. The number of halogens is 1. The van der Waals surface area contributed by atoms with Crippen molar-refractivity contribution >= 4 is 49.1 Å². The molecular formula is C19H22BrN3O4S. The molecule has 0 spiro atoms. The number of nitrogens with zero attached hydrogens (tertiary/aromatic N) is 1. The van der Waals surface area contributed by atoms with E-state index >= 15 is 0 Å². The highest BCUT2D eigenvalue weighted by Crippen LogP contribution is 2.27. The van der Waals surface area contributed by atoms with Gasteiger partial charge in [-0.15, -0.1) is 0 Å². The first-order chi connectivity index (χ1) is 13.2. The lowest BCUT2D eigenvalue weighted by Gasteiger charge is -2.23. The van der Waals surface area contributed by atoms with E-state index in [2.05, 4.69) is 26.6 Å². The summed E-state index contributed by atoms with van der Waals surface area (Å²) in [5.74, 6) is -0.861. The highest BCUT2D eigenvalue weighted by atomic mass is 79.9. The summed E-state index contributed by atoms with van der Waals surface area (Å²) in [5.41, 5.74) is 0.993. The minimum Gasteiger partial charge on any atom is -0.352 e. The first-order valence-corrected chi connectivity index (χ1v) is 11.3. The Morgan fingerprint density at radius 1 is 1.07 bits per heavy atom. The second-order valence-corrected chi connectivity index (χ2v) is 8.83. The fraction of sp³-hybridized carbons (Fsp3) is 0.263. The Morgan fingerprint density at radius 2 is 1.71 bits per heavy atom. The Kier molecular flexibility index (Phi) is 7.59. The van der Waals surface area contributed by atoms with Crippen LogP contribution in [0, 0.1) is 0 Å². The Bertz CT molecular complexity index is 963. The normalized spacial score (nSPS) is 11.0. The summed E-state index contributed by atoms with van der Waals surface area (Å²) in [4.78, 5) is 24.9. The van der Waals surface area contributed by atoms with Crippen molar-refractivity contribution in [1.29, 1.82) is 0 Å². The number of carbonyl (C=O) groups is 2. The van der Waals surface area contributed by atoms with Crippen molar-refractivity contribution in [2.45, 2.75) is 13.3 Å². The third-order valence-electron chi connectivity index (χ3n) is 3.79. The van der Waals surface area contributed by atoms with Crippen molar-refractivity contribution in [3.05, 3.63) is 58.6 Å². The maximum Gasteiger partial charge on any atom is 0.253 e. The Labute approximate surface area is 173 Å². The van der Waals surface area contributed by atoms with E-state index in [-0.39, 0.29) is 5.91 Å². The zero-order chi connectivity index (χ0) is 20.7. The zero-order valence-corrected chi connectivity index (χ0v) is 18.0. The van der Waals surface area contributed by atoms with Crippen LogP contribution in [0.3, 0.4) is 0 Å². The maximum absolute atomic E-state index is 12.6. The first-order valence-electron chi connectivity index (χ1n) is 8.63. The molecule has 0 unspecified atom stereocenters. The van der Waals surface area contributed by atoms with Gasteiger partial charge in [-0.05, 0) is 46.6 Å². The molecule has 2 aromatic rings. The Balaban J connectivity index is 2.23. The molecule has 7 nitrogen and oxygen atoms in total. The van der Waals surface area contributed by atoms with Crippen LogP contribution in [0.5, 0.6) is 0 Å². The Morgan fingerprint density at radius 3 is 2.36 bits per heavy atom. The lowest BCUT2D eigenvalue weighted by molar-refractivity contribution is -0.114. The third kappa shape index (κ3) is 5.80.